The number of hydrogen-bond acceptors (Lipinski definition) is 7. The van der Waals surface area contributed by atoms with Crippen LogP contribution in [0.25, 0.3) is 0 Å². The third kappa shape index (κ3) is 2.28. The lowest BCUT2D eigenvalue weighted by Crippen LogP contribution is -2.15. The second-order valence-electron chi connectivity index (χ2n) is 2.64. The molecule has 2 aromatic rings. The molecule has 2 aromatic heterocycles. The van der Waals surface area contributed by atoms with Gasteiger partial charge in [0.05, 0.1) is 0 Å². The third-order valence-corrected chi connectivity index (χ3v) is 3.42. The van der Waals surface area contributed by atoms with E-state index in [9.17, 15) is 0 Å². The van der Waals surface area contributed by atoms with Crippen LogP contribution in [0.3, 0.4) is 0 Å². The molecule has 0 aliphatic carbocycles. The number of nitrogens with zero attached hydrogens (tertiary/aromatic N) is 4. The number of rotatable bonds is 3. The highest BCUT2D eigenvalue weighted by atomic mass is 32.2. The van der Waals surface area contributed by atoms with Gasteiger partial charge >= 0.3 is 0 Å². The lowest BCUT2D eigenvalue weighted by atomic mass is 10.3. The molecular weight excluding hydrogens is 246 g/mol. The Labute approximate surface area is 99.4 Å². The molecule has 0 spiro atoms. The summed E-state index contributed by atoms with van der Waals surface area (Å²) in [6.45, 7) is 0. The predicted molar refractivity (Wildman–Crippen MR) is 60.8 cm³/mol. The van der Waals surface area contributed by atoms with Crippen molar-refractivity contribution in [1.82, 2.24) is 14.3 Å². The molecule has 0 bridgehead atoms. The zero-order chi connectivity index (χ0) is 11.4. The topological polar surface area (TPSA) is 97.3 Å². The predicted octanol–water partition coefficient (Wildman–Crippen LogP) is 1.18. The average Bonchev–Trinajstić information content (AvgIpc) is 2.82. The zero-order valence-electron chi connectivity index (χ0n) is 7.94. The van der Waals surface area contributed by atoms with Gasteiger partial charge in [-0.15, -0.1) is 0 Å². The van der Waals surface area contributed by atoms with Gasteiger partial charge in [-0.1, -0.05) is 16.9 Å². The monoisotopic (exact) mass is 253 g/mol. The average molecular weight is 253 g/mol. The largest absolute Gasteiger partial charge is 0.409 e. The fraction of sp³-hybridized carbons (Fsp3) is 0. The van der Waals surface area contributed by atoms with Crippen molar-refractivity contribution < 1.29 is 5.21 Å². The summed E-state index contributed by atoms with van der Waals surface area (Å²) in [5.74, 6) is -0.0207. The third-order valence-electron chi connectivity index (χ3n) is 1.66. The molecule has 0 saturated carbocycles. The Morgan fingerprint density at radius 3 is 3.06 bits per heavy atom. The number of oxime groups is 1. The van der Waals surface area contributed by atoms with E-state index in [-0.39, 0.29) is 5.84 Å². The zero-order valence-corrected chi connectivity index (χ0v) is 9.57. The maximum atomic E-state index is 8.63. The van der Waals surface area contributed by atoms with Crippen LogP contribution in [0.4, 0.5) is 0 Å². The van der Waals surface area contributed by atoms with E-state index in [4.69, 9.17) is 10.9 Å². The molecule has 0 radical (unpaired) electrons. The molecule has 3 N–H and O–H groups in total. The summed E-state index contributed by atoms with van der Waals surface area (Å²) in [7, 11) is 0. The second kappa shape index (κ2) is 4.90. The molecular formula is C8H7N5OS2. The van der Waals surface area contributed by atoms with Crippen LogP contribution in [0, 0.1) is 0 Å². The fourth-order valence-corrected chi connectivity index (χ4v) is 2.53. The maximum Gasteiger partial charge on any atom is 0.189 e. The Kier molecular flexibility index (Phi) is 3.32. The van der Waals surface area contributed by atoms with Crippen LogP contribution in [0.5, 0.6) is 0 Å². The lowest BCUT2D eigenvalue weighted by molar-refractivity contribution is 0.318. The first-order chi connectivity index (χ1) is 7.81. The summed E-state index contributed by atoms with van der Waals surface area (Å²) in [4.78, 5) is 8.86. The van der Waals surface area contributed by atoms with Gasteiger partial charge in [-0.25, -0.2) is 4.98 Å². The van der Waals surface area contributed by atoms with Gasteiger partial charge in [0.15, 0.2) is 10.2 Å². The van der Waals surface area contributed by atoms with Gasteiger partial charge in [0.25, 0.3) is 0 Å². The standard InChI is InChI=1S/C8H7N5OS2/c9-7(13-14)6-5(2-1-3-10-6)15-8-11-4-12-16-8/h1-4,14H,(H2,9,13). The van der Waals surface area contributed by atoms with E-state index in [0.29, 0.717) is 5.69 Å². The molecule has 0 aliphatic rings. The van der Waals surface area contributed by atoms with E-state index in [2.05, 4.69) is 19.5 Å². The normalized spacial score (nSPS) is 11.6. The molecule has 0 unspecified atom stereocenters. The molecule has 8 heteroatoms. The summed E-state index contributed by atoms with van der Waals surface area (Å²) in [5, 5.41) is 11.6. The first-order valence-electron chi connectivity index (χ1n) is 4.18. The van der Waals surface area contributed by atoms with Gasteiger partial charge in [0.2, 0.25) is 0 Å². The first-order valence-corrected chi connectivity index (χ1v) is 5.77. The van der Waals surface area contributed by atoms with Crippen molar-refractivity contribution in [3.63, 3.8) is 0 Å². The van der Waals surface area contributed by atoms with Crippen LogP contribution < -0.4 is 5.73 Å². The van der Waals surface area contributed by atoms with Crippen molar-refractivity contribution >= 4 is 29.1 Å². The summed E-state index contributed by atoms with van der Waals surface area (Å²) in [5.41, 5.74) is 5.95. The number of amidine groups is 1. The fourth-order valence-electron chi connectivity index (χ4n) is 1.01. The van der Waals surface area contributed by atoms with Gasteiger partial charge in [-0.05, 0) is 23.7 Å². The molecule has 16 heavy (non-hydrogen) atoms. The Hall–Kier alpha value is -1.67. The minimum absolute atomic E-state index is 0.0207. The molecule has 0 fully saturated rings. The molecule has 0 atom stereocenters. The van der Waals surface area contributed by atoms with Gasteiger partial charge in [0, 0.05) is 11.1 Å². The van der Waals surface area contributed by atoms with E-state index >= 15 is 0 Å². The van der Waals surface area contributed by atoms with Gasteiger partial charge < -0.3 is 10.9 Å². The van der Waals surface area contributed by atoms with Crippen LogP contribution in [-0.2, 0) is 0 Å². The van der Waals surface area contributed by atoms with E-state index in [1.54, 1.807) is 12.3 Å². The minimum atomic E-state index is -0.0207. The molecule has 0 amide bonds. The van der Waals surface area contributed by atoms with Gasteiger partial charge in [-0.2, -0.15) is 4.37 Å². The van der Waals surface area contributed by atoms with Crippen LogP contribution in [0.2, 0.25) is 0 Å². The Morgan fingerprint density at radius 1 is 1.50 bits per heavy atom. The van der Waals surface area contributed by atoms with Crippen molar-refractivity contribution in [3.8, 4) is 0 Å². The summed E-state index contributed by atoms with van der Waals surface area (Å²) < 4.78 is 4.67. The van der Waals surface area contributed by atoms with Gasteiger partial charge in [-0.3, -0.25) is 4.98 Å². The van der Waals surface area contributed by atoms with Crippen LogP contribution >= 0.6 is 23.3 Å². The Balaban J connectivity index is 2.34. The van der Waals surface area contributed by atoms with Crippen LogP contribution in [0.15, 0.2) is 39.0 Å². The molecule has 82 valence electrons. The van der Waals surface area contributed by atoms with Crippen molar-refractivity contribution in [3.05, 3.63) is 30.4 Å². The molecule has 0 saturated heterocycles. The second-order valence-corrected chi connectivity index (χ2v) is 4.71. The number of pyridine rings is 1. The quantitative estimate of drug-likeness (QED) is 0.369. The highest BCUT2D eigenvalue weighted by molar-refractivity contribution is 8.01. The first kappa shape index (κ1) is 10.8. The summed E-state index contributed by atoms with van der Waals surface area (Å²) in [6.07, 6.45) is 3.06. The smallest absolute Gasteiger partial charge is 0.189 e. The number of nitrogens with two attached hydrogens (primary N) is 1. The van der Waals surface area contributed by atoms with Crippen molar-refractivity contribution in [2.45, 2.75) is 9.24 Å². The number of aromatic nitrogens is 3. The number of hydrogen-bond donors (Lipinski definition) is 2. The van der Waals surface area contributed by atoms with Gasteiger partial charge in [0.1, 0.15) is 12.0 Å². The summed E-state index contributed by atoms with van der Waals surface area (Å²) in [6, 6.07) is 3.60. The summed E-state index contributed by atoms with van der Waals surface area (Å²) >= 11 is 2.65. The van der Waals surface area contributed by atoms with E-state index in [1.807, 2.05) is 6.07 Å². The Bertz CT molecular complexity index is 499. The van der Waals surface area contributed by atoms with Crippen molar-refractivity contribution in [1.29, 1.82) is 0 Å². The minimum Gasteiger partial charge on any atom is -0.409 e. The molecule has 0 aliphatic heterocycles. The Morgan fingerprint density at radius 2 is 2.38 bits per heavy atom. The molecule has 2 heterocycles. The van der Waals surface area contributed by atoms with Crippen molar-refractivity contribution in [2.75, 3.05) is 0 Å². The molecule has 0 aromatic carbocycles. The molecule has 6 nitrogen and oxygen atoms in total. The molecule has 2 rings (SSSR count). The highest BCUT2D eigenvalue weighted by Crippen LogP contribution is 2.29. The van der Waals surface area contributed by atoms with E-state index in [0.717, 1.165) is 9.24 Å². The van der Waals surface area contributed by atoms with E-state index in [1.165, 1.54) is 29.6 Å². The van der Waals surface area contributed by atoms with Crippen LogP contribution in [-0.4, -0.2) is 25.4 Å². The van der Waals surface area contributed by atoms with Crippen molar-refractivity contribution in [2.24, 2.45) is 10.9 Å². The highest BCUT2D eigenvalue weighted by Gasteiger charge is 2.10. The van der Waals surface area contributed by atoms with Crippen LogP contribution in [0.1, 0.15) is 5.69 Å². The lowest BCUT2D eigenvalue weighted by Gasteiger charge is -2.03. The maximum absolute atomic E-state index is 8.63. The van der Waals surface area contributed by atoms with E-state index < -0.39 is 0 Å². The SMILES string of the molecule is N/C(=N/O)c1ncccc1Sc1ncns1.